The van der Waals surface area contributed by atoms with Crippen LogP contribution >= 0.6 is 0 Å². The smallest absolute Gasteiger partial charge is 0.326 e. The van der Waals surface area contributed by atoms with Crippen molar-refractivity contribution in [3.63, 3.8) is 0 Å². The molecule has 1 heterocycles. The van der Waals surface area contributed by atoms with Crippen molar-refractivity contribution >= 4 is 17.8 Å². The van der Waals surface area contributed by atoms with Crippen molar-refractivity contribution in [2.45, 2.75) is 31.8 Å². The number of nitrogens with one attached hydrogen (secondary N) is 1. The van der Waals surface area contributed by atoms with Crippen molar-refractivity contribution in [1.29, 1.82) is 0 Å². The minimum atomic E-state index is -1.20. The van der Waals surface area contributed by atoms with Gasteiger partial charge in [-0.25, -0.2) is 4.79 Å². The van der Waals surface area contributed by atoms with Gasteiger partial charge in [0.25, 0.3) is 0 Å². The largest absolute Gasteiger partial charge is 0.480 e. The van der Waals surface area contributed by atoms with Gasteiger partial charge in [-0.15, -0.1) is 5.10 Å². The van der Waals surface area contributed by atoms with Crippen LogP contribution in [0.15, 0.2) is 12.4 Å². The lowest BCUT2D eigenvalue weighted by molar-refractivity contribution is -0.142. The van der Waals surface area contributed by atoms with Crippen LogP contribution < -0.4 is 11.1 Å². The summed E-state index contributed by atoms with van der Waals surface area (Å²) >= 11 is 0. The molecule has 1 atom stereocenters. The second kappa shape index (κ2) is 7.09. The molecule has 1 rings (SSSR count). The molecule has 0 saturated heterocycles. The number of hydrogen-bond acceptors (Lipinski definition) is 5. The molecule has 104 valence electrons. The third-order valence-electron chi connectivity index (χ3n) is 2.35. The van der Waals surface area contributed by atoms with Gasteiger partial charge in [0.1, 0.15) is 6.04 Å². The number of aliphatic carboxylic acids is 1. The highest BCUT2D eigenvalue weighted by Gasteiger charge is 2.20. The SMILES string of the molecule is NC(=O)CCC(NC(=O)CCn1ccnn1)C(=O)O. The number of carbonyl (C=O) groups is 3. The van der Waals surface area contributed by atoms with E-state index in [9.17, 15) is 14.4 Å². The molecule has 0 bridgehead atoms. The average molecular weight is 269 g/mol. The molecule has 9 nitrogen and oxygen atoms in total. The zero-order valence-corrected chi connectivity index (χ0v) is 10.2. The summed E-state index contributed by atoms with van der Waals surface area (Å²) in [6.07, 6.45) is 3.02. The van der Waals surface area contributed by atoms with Gasteiger partial charge in [-0.3, -0.25) is 14.3 Å². The van der Waals surface area contributed by atoms with Crippen LogP contribution in [0.25, 0.3) is 0 Å². The first-order valence-corrected chi connectivity index (χ1v) is 5.63. The summed E-state index contributed by atoms with van der Waals surface area (Å²) in [5, 5.41) is 18.5. The number of carboxylic acids is 1. The van der Waals surface area contributed by atoms with Gasteiger partial charge in [0, 0.05) is 19.0 Å². The second-order valence-electron chi connectivity index (χ2n) is 3.88. The Morgan fingerprint density at radius 2 is 2.11 bits per heavy atom. The highest BCUT2D eigenvalue weighted by Crippen LogP contribution is 1.98. The summed E-state index contributed by atoms with van der Waals surface area (Å²) < 4.78 is 1.46. The number of primary amides is 1. The van der Waals surface area contributed by atoms with E-state index in [1.54, 1.807) is 6.20 Å². The van der Waals surface area contributed by atoms with Crippen LogP contribution in [0.5, 0.6) is 0 Å². The van der Waals surface area contributed by atoms with E-state index >= 15 is 0 Å². The maximum atomic E-state index is 11.5. The molecule has 9 heteroatoms. The molecule has 0 aliphatic heterocycles. The summed E-state index contributed by atoms with van der Waals surface area (Å²) in [5.41, 5.74) is 4.93. The van der Waals surface area contributed by atoms with E-state index in [1.807, 2.05) is 0 Å². The minimum absolute atomic E-state index is 0.0280. The fraction of sp³-hybridized carbons (Fsp3) is 0.500. The number of amides is 2. The number of rotatable bonds is 8. The Kier molecular flexibility index (Phi) is 5.45. The molecule has 1 aromatic heterocycles. The Balaban J connectivity index is 2.38. The third-order valence-corrected chi connectivity index (χ3v) is 2.35. The molecule has 1 unspecified atom stereocenters. The van der Waals surface area contributed by atoms with Crippen molar-refractivity contribution in [1.82, 2.24) is 20.3 Å². The zero-order valence-electron chi connectivity index (χ0n) is 10.2. The number of aromatic nitrogens is 3. The monoisotopic (exact) mass is 269 g/mol. The van der Waals surface area contributed by atoms with Gasteiger partial charge in [-0.05, 0) is 6.42 Å². The van der Waals surface area contributed by atoms with Crippen LogP contribution in [0, 0.1) is 0 Å². The van der Waals surface area contributed by atoms with Crippen LogP contribution in [-0.4, -0.2) is 43.9 Å². The van der Waals surface area contributed by atoms with Crippen LogP contribution in [0.2, 0.25) is 0 Å². The summed E-state index contributed by atoms with van der Waals surface area (Å²) in [5.74, 6) is -2.24. The van der Waals surface area contributed by atoms with E-state index in [1.165, 1.54) is 10.9 Å². The van der Waals surface area contributed by atoms with E-state index in [2.05, 4.69) is 15.6 Å². The van der Waals surface area contributed by atoms with Crippen molar-refractivity contribution < 1.29 is 19.5 Å². The maximum Gasteiger partial charge on any atom is 0.326 e. The summed E-state index contributed by atoms with van der Waals surface area (Å²) in [6.45, 7) is 0.300. The summed E-state index contributed by atoms with van der Waals surface area (Å²) in [7, 11) is 0. The van der Waals surface area contributed by atoms with E-state index < -0.39 is 23.8 Å². The average Bonchev–Trinajstić information content (AvgIpc) is 2.84. The lowest BCUT2D eigenvalue weighted by Crippen LogP contribution is -2.41. The Morgan fingerprint density at radius 3 is 2.63 bits per heavy atom. The van der Waals surface area contributed by atoms with E-state index in [4.69, 9.17) is 10.8 Å². The van der Waals surface area contributed by atoms with Crippen molar-refractivity contribution in [2.75, 3.05) is 0 Å². The number of nitrogens with two attached hydrogens (primary N) is 1. The molecule has 19 heavy (non-hydrogen) atoms. The first-order chi connectivity index (χ1) is 8.99. The lowest BCUT2D eigenvalue weighted by Gasteiger charge is -2.13. The molecule has 0 aliphatic carbocycles. The Hall–Kier alpha value is -2.45. The van der Waals surface area contributed by atoms with Gasteiger partial charge in [0.05, 0.1) is 12.7 Å². The first kappa shape index (κ1) is 14.6. The molecule has 0 radical (unpaired) electrons. The van der Waals surface area contributed by atoms with Gasteiger partial charge in [0.2, 0.25) is 11.8 Å². The molecular weight excluding hydrogens is 254 g/mol. The van der Waals surface area contributed by atoms with Crippen molar-refractivity contribution in [3.05, 3.63) is 12.4 Å². The van der Waals surface area contributed by atoms with Crippen LogP contribution in [-0.2, 0) is 20.9 Å². The zero-order chi connectivity index (χ0) is 14.3. The Morgan fingerprint density at radius 1 is 1.37 bits per heavy atom. The standard InChI is InChI=1S/C10H15N5O4/c11-8(16)2-1-7(10(18)19)13-9(17)3-5-15-6-4-12-14-15/h4,6-7H,1-3,5H2,(H2,11,16)(H,13,17)(H,18,19). The molecule has 4 N–H and O–H groups in total. The highest BCUT2D eigenvalue weighted by molar-refractivity contribution is 5.84. The Labute approximate surface area is 108 Å². The van der Waals surface area contributed by atoms with Gasteiger partial charge in [-0.2, -0.15) is 0 Å². The normalized spacial score (nSPS) is 11.8. The molecule has 0 fully saturated rings. The summed E-state index contributed by atoms with van der Waals surface area (Å²) in [6, 6.07) is -1.12. The van der Waals surface area contributed by atoms with Crippen molar-refractivity contribution in [2.24, 2.45) is 5.73 Å². The second-order valence-corrected chi connectivity index (χ2v) is 3.88. The molecule has 0 saturated carbocycles. The predicted octanol–water partition coefficient (Wildman–Crippen LogP) is -1.50. The molecule has 0 spiro atoms. The molecule has 2 amide bonds. The number of nitrogens with zero attached hydrogens (tertiary/aromatic N) is 3. The van der Waals surface area contributed by atoms with E-state index in [-0.39, 0.29) is 19.3 Å². The number of carbonyl (C=O) groups excluding carboxylic acids is 2. The van der Waals surface area contributed by atoms with Crippen LogP contribution in [0.3, 0.4) is 0 Å². The fourth-order valence-electron chi connectivity index (χ4n) is 1.38. The number of aryl methyl sites for hydroxylation is 1. The molecule has 0 aliphatic rings. The van der Waals surface area contributed by atoms with Gasteiger partial charge >= 0.3 is 5.97 Å². The van der Waals surface area contributed by atoms with Gasteiger partial charge in [0.15, 0.2) is 0 Å². The molecule has 0 aromatic carbocycles. The topological polar surface area (TPSA) is 140 Å². The first-order valence-electron chi connectivity index (χ1n) is 5.63. The van der Waals surface area contributed by atoms with Crippen LogP contribution in [0.4, 0.5) is 0 Å². The summed E-state index contributed by atoms with van der Waals surface area (Å²) in [4.78, 5) is 33.0. The highest BCUT2D eigenvalue weighted by atomic mass is 16.4. The third kappa shape index (κ3) is 5.61. The number of hydrogen-bond donors (Lipinski definition) is 3. The molecular formula is C10H15N5O4. The maximum absolute atomic E-state index is 11.5. The molecule has 1 aromatic rings. The predicted molar refractivity (Wildman–Crippen MR) is 62.6 cm³/mol. The minimum Gasteiger partial charge on any atom is -0.480 e. The fourth-order valence-corrected chi connectivity index (χ4v) is 1.38. The van der Waals surface area contributed by atoms with E-state index in [0.717, 1.165) is 0 Å². The van der Waals surface area contributed by atoms with Gasteiger partial charge in [-0.1, -0.05) is 5.21 Å². The van der Waals surface area contributed by atoms with Crippen molar-refractivity contribution in [3.8, 4) is 0 Å². The van der Waals surface area contributed by atoms with Gasteiger partial charge < -0.3 is 16.2 Å². The quantitative estimate of drug-likeness (QED) is 0.524. The lowest BCUT2D eigenvalue weighted by atomic mass is 10.1. The number of carboxylic acid groups (broad SMARTS) is 1. The van der Waals surface area contributed by atoms with E-state index in [0.29, 0.717) is 6.54 Å². The Bertz CT molecular complexity index is 445. The van der Waals surface area contributed by atoms with Crippen LogP contribution in [0.1, 0.15) is 19.3 Å².